The van der Waals surface area contributed by atoms with Crippen molar-refractivity contribution in [3.8, 4) is 0 Å². The summed E-state index contributed by atoms with van der Waals surface area (Å²) in [6.45, 7) is 10.2. The lowest BCUT2D eigenvalue weighted by molar-refractivity contribution is -0.122. The number of fused-ring (bicyclic) bond motifs is 3. The maximum Gasteiger partial charge on any atom is 0.135 e. The first-order valence-electron chi connectivity index (χ1n) is 12.6. The van der Waals surface area contributed by atoms with Crippen LogP contribution in [0.5, 0.6) is 0 Å². The standard InChI is InChI=1S/C26H47NO/c1-18(2)25(28)10-7-9-21-12-14-24-23-13-11-20(8-5-6-17-27)19(3)22(23)15-16-26(21,24)4/h18-24H,5-17,27H2,1-4H3/t19?,20-,21-,22?,23+,24?,26+/m0/s1. The molecule has 2 heteroatoms. The molecule has 3 rings (SSSR count). The van der Waals surface area contributed by atoms with Gasteiger partial charge >= 0.3 is 0 Å². The second-order valence-corrected chi connectivity index (χ2v) is 11.2. The molecule has 0 spiro atoms. The average molecular weight is 390 g/mol. The molecule has 162 valence electrons. The van der Waals surface area contributed by atoms with Gasteiger partial charge in [-0.05, 0) is 105 Å². The van der Waals surface area contributed by atoms with Crippen LogP contribution in [-0.4, -0.2) is 12.3 Å². The van der Waals surface area contributed by atoms with Crippen molar-refractivity contribution in [2.45, 2.75) is 105 Å². The maximum absolute atomic E-state index is 12.0. The molecule has 2 N–H and O–H groups in total. The second-order valence-electron chi connectivity index (χ2n) is 11.2. The van der Waals surface area contributed by atoms with E-state index < -0.39 is 0 Å². The third-order valence-corrected chi connectivity index (χ3v) is 9.63. The molecule has 3 fully saturated rings. The number of carbonyl (C=O) groups is 1. The highest BCUT2D eigenvalue weighted by atomic mass is 16.1. The summed E-state index contributed by atoms with van der Waals surface area (Å²) in [4.78, 5) is 12.0. The van der Waals surface area contributed by atoms with Crippen molar-refractivity contribution in [2.75, 3.05) is 6.54 Å². The molecule has 0 aromatic carbocycles. The van der Waals surface area contributed by atoms with Gasteiger partial charge in [0.25, 0.3) is 0 Å². The van der Waals surface area contributed by atoms with E-state index in [1.807, 2.05) is 13.8 Å². The Balaban J connectivity index is 1.56. The van der Waals surface area contributed by atoms with Gasteiger partial charge in [-0.15, -0.1) is 0 Å². The molecule has 0 saturated heterocycles. The lowest BCUT2D eigenvalue weighted by Gasteiger charge is -2.54. The normalized spacial score (nSPS) is 40.4. The maximum atomic E-state index is 12.0. The summed E-state index contributed by atoms with van der Waals surface area (Å²) in [6, 6.07) is 0. The molecule has 3 unspecified atom stereocenters. The van der Waals surface area contributed by atoms with Gasteiger partial charge in [-0.1, -0.05) is 40.5 Å². The molecular weight excluding hydrogens is 342 g/mol. The first-order chi connectivity index (χ1) is 13.4. The van der Waals surface area contributed by atoms with Gasteiger partial charge in [-0.3, -0.25) is 4.79 Å². The average Bonchev–Trinajstić information content (AvgIpc) is 3.00. The molecule has 28 heavy (non-hydrogen) atoms. The molecule has 3 aliphatic rings. The number of ketones is 1. The summed E-state index contributed by atoms with van der Waals surface area (Å²) < 4.78 is 0. The van der Waals surface area contributed by atoms with Gasteiger partial charge in [-0.25, -0.2) is 0 Å². The number of hydrogen-bond acceptors (Lipinski definition) is 2. The fraction of sp³-hybridized carbons (Fsp3) is 0.962. The zero-order chi connectivity index (χ0) is 20.3. The van der Waals surface area contributed by atoms with E-state index >= 15 is 0 Å². The molecule has 0 bridgehead atoms. The number of hydrogen-bond donors (Lipinski definition) is 1. The molecule has 0 aromatic rings. The third-order valence-electron chi connectivity index (χ3n) is 9.63. The third kappa shape index (κ3) is 4.52. The van der Waals surface area contributed by atoms with Gasteiger partial charge in [0.05, 0.1) is 0 Å². The highest BCUT2D eigenvalue weighted by Gasteiger charge is 2.55. The molecule has 0 aliphatic heterocycles. The van der Waals surface area contributed by atoms with Crippen LogP contribution >= 0.6 is 0 Å². The minimum atomic E-state index is 0.212. The lowest BCUT2D eigenvalue weighted by Crippen LogP contribution is -2.46. The largest absolute Gasteiger partial charge is 0.330 e. The number of nitrogens with two attached hydrogens (primary N) is 1. The Kier molecular flexibility index (Phi) is 7.67. The van der Waals surface area contributed by atoms with E-state index in [-0.39, 0.29) is 5.92 Å². The minimum Gasteiger partial charge on any atom is -0.330 e. The highest BCUT2D eigenvalue weighted by Crippen LogP contribution is 2.63. The van der Waals surface area contributed by atoms with E-state index in [1.165, 1.54) is 64.2 Å². The van der Waals surface area contributed by atoms with Crippen molar-refractivity contribution >= 4 is 5.78 Å². The fourth-order valence-corrected chi connectivity index (χ4v) is 7.76. The molecule has 2 nitrogen and oxygen atoms in total. The van der Waals surface area contributed by atoms with Crippen LogP contribution in [0.2, 0.25) is 0 Å². The van der Waals surface area contributed by atoms with Crippen LogP contribution in [-0.2, 0) is 4.79 Å². The predicted molar refractivity (Wildman–Crippen MR) is 119 cm³/mol. The fourth-order valence-electron chi connectivity index (χ4n) is 7.76. The minimum absolute atomic E-state index is 0.212. The Morgan fingerprint density at radius 2 is 1.79 bits per heavy atom. The molecule has 0 radical (unpaired) electrons. The molecule has 0 aromatic heterocycles. The Bertz CT molecular complexity index is 515. The molecular formula is C26H47NO. The number of Topliss-reactive ketones (excluding diaryl/α,β-unsaturated/α-hetero) is 1. The predicted octanol–water partition coefficient (Wildman–Crippen LogP) is 6.62. The SMILES string of the molecule is CC(C)C(=O)CCC[C@H]1CCC2[C@@H]3CC[C@H](CCCCN)C(C)C3CC[C@@]21C. The van der Waals surface area contributed by atoms with Gasteiger partial charge < -0.3 is 5.73 Å². The van der Waals surface area contributed by atoms with Crippen LogP contribution < -0.4 is 5.73 Å². The van der Waals surface area contributed by atoms with Gasteiger partial charge in [0.15, 0.2) is 0 Å². The summed E-state index contributed by atoms with van der Waals surface area (Å²) in [5, 5.41) is 0. The highest BCUT2D eigenvalue weighted by molar-refractivity contribution is 5.80. The van der Waals surface area contributed by atoms with Crippen LogP contribution in [0.1, 0.15) is 105 Å². The summed E-state index contributed by atoms with van der Waals surface area (Å²) in [6.07, 6.45) is 15.9. The van der Waals surface area contributed by atoms with Gasteiger partial charge in [0.1, 0.15) is 5.78 Å². The van der Waals surface area contributed by atoms with Crippen molar-refractivity contribution in [1.29, 1.82) is 0 Å². The summed E-state index contributed by atoms with van der Waals surface area (Å²) in [5.41, 5.74) is 6.28. The zero-order valence-electron chi connectivity index (χ0n) is 19.2. The second kappa shape index (κ2) is 9.63. The topological polar surface area (TPSA) is 43.1 Å². The van der Waals surface area contributed by atoms with Crippen molar-refractivity contribution in [3.05, 3.63) is 0 Å². The van der Waals surface area contributed by atoms with Crippen molar-refractivity contribution in [3.63, 3.8) is 0 Å². The van der Waals surface area contributed by atoms with Crippen LogP contribution in [0.4, 0.5) is 0 Å². The first kappa shape index (κ1) is 22.3. The number of unbranched alkanes of at least 4 members (excludes halogenated alkanes) is 1. The van der Waals surface area contributed by atoms with Gasteiger partial charge in [0, 0.05) is 12.3 Å². The molecule has 3 aliphatic carbocycles. The number of carbonyl (C=O) groups excluding carboxylic acids is 1. The Labute approximate surface area is 174 Å². The van der Waals surface area contributed by atoms with Crippen molar-refractivity contribution in [2.24, 2.45) is 52.6 Å². The van der Waals surface area contributed by atoms with Crippen LogP contribution in [0, 0.1) is 46.8 Å². The smallest absolute Gasteiger partial charge is 0.135 e. The monoisotopic (exact) mass is 389 g/mol. The Hall–Kier alpha value is -0.370. The van der Waals surface area contributed by atoms with E-state index in [0.29, 0.717) is 11.2 Å². The van der Waals surface area contributed by atoms with Crippen molar-refractivity contribution < 1.29 is 4.79 Å². The van der Waals surface area contributed by atoms with E-state index in [4.69, 9.17) is 5.73 Å². The van der Waals surface area contributed by atoms with Crippen molar-refractivity contribution in [1.82, 2.24) is 0 Å². The molecule has 3 saturated carbocycles. The van der Waals surface area contributed by atoms with E-state index in [2.05, 4.69) is 13.8 Å². The quantitative estimate of drug-likeness (QED) is 0.450. The van der Waals surface area contributed by atoms with Gasteiger partial charge in [0.2, 0.25) is 0 Å². The molecule has 0 amide bonds. The Morgan fingerprint density at radius 3 is 2.50 bits per heavy atom. The van der Waals surface area contributed by atoms with E-state index in [1.54, 1.807) is 0 Å². The van der Waals surface area contributed by atoms with Crippen LogP contribution in [0.3, 0.4) is 0 Å². The lowest BCUT2D eigenvalue weighted by atomic mass is 9.51. The molecule has 0 heterocycles. The number of rotatable bonds is 9. The summed E-state index contributed by atoms with van der Waals surface area (Å²) >= 11 is 0. The zero-order valence-corrected chi connectivity index (χ0v) is 19.2. The van der Waals surface area contributed by atoms with Crippen LogP contribution in [0.15, 0.2) is 0 Å². The summed E-state index contributed by atoms with van der Waals surface area (Å²) in [7, 11) is 0. The van der Waals surface area contributed by atoms with Gasteiger partial charge in [-0.2, -0.15) is 0 Å². The first-order valence-corrected chi connectivity index (χ1v) is 12.6. The van der Waals surface area contributed by atoms with Crippen LogP contribution in [0.25, 0.3) is 0 Å². The molecule has 7 atom stereocenters. The summed E-state index contributed by atoms with van der Waals surface area (Å²) in [5.74, 6) is 6.35. The van der Waals surface area contributed by atoms with E-state index in [9.17, 15) is 4.79 Å². The van der Waals surface area contributed by atoms with E-state index in [0.717, 1.165) is 54.9 Å². The Morgan fingerprint density at radius 1 is 1.00 bits per heavy atom.